The van der Waals surface area contributed by atoms with E-state index in [1.165, 1.54) is 6.20 Å². The van der Waals surface area contributed by atoms with Crippen molar-refractivity contribution in [3.05, 3.63) is 52.6 Å². The van der Waals surface area contributed by atoms with Gasteiger partial charge in [-0.15, -0.1) is 0 Å². The van der Waals surface area contributed by atoms with Crippen LogP contribution >= 0.6 is 11.6 Å². The molecule has 0 aliphatic heterocycles. The third-order valence-electron chi connectivity index (χ3n) is 2.79. The van der Waals surface area contributed by atoms with Gasteiger partial charge < -0.3 is 10.3 Å². The number of carbonyl (C=O) groups is 1. The predicted octanol–water partition coefficient (Wildman–Crippen LogP) is 3.57. The molecular weight excluding hydrogens is 307 g/mol. The first-order valence-electron chi connectivity index (χ1n) is 5.95. The van der Waals surface area contributed by atoms with E-state index in [1.807, 2.05) is 4.98 Å². The Balaban J connectivity index is 2.07. The summed E-state index contributed by atoms with van der Waals surface area (Å²) in [6, 6.07) is 3.55. The number of pyridine rings is 1. The average Bonchev–Trinajstić information content (AvgIpc) is 2.88. The third-order valence-corrected chi connectivity index (χ3v) is 3.02. The lowest BCUT2D eigenvalue weighted by atomic mass is 10.2. The Hall–Kier alpha value is -2.02. The molecule has 2 aromatic rings. The molecule has 0 spiro atoms. The Bertz CT molecular complexity index is 637. The van der Waals surface area contributed by atoms with Gasteiger partial charge >= 0.3 is 6.18 Å². The lowest BCUT2D eigenvalue weighted by molar-refractivity contribution is -0.140. The number of rotatable bonds is 3. The normalized spacial score (nSPS) is 13.0. The summed E-state index contributed by atoms with van der Waals surface area (Å²) in [6.45, 7) is 1.67. The second kappa shape index (κ2) is 5.77. The zero-order chi connectivity index (χ0) is 15.6. The molecule has 8 heteroatoms. The van der Waals surface area contributed by atoms with Crippen molar-refractivity contribution in [2.75, 3.05) is 0 Å². The smallest absolute Gasteiger partial charge is 0.357 e. The summed E-state index contributed by atoms with van der Waals surface area (Å²) in [4.78, 5) is 17.9. The number of hydrogen-bond acceptors (Lipinski definition) is 2. The number of carbonyl (C=O) groups excluding carboxylic acids is 1. The highest BCUT2D eigenvalue weighted by Gasteiger charge is 2.33. The molecular formula is C13H11ClF3N3O. The molecule has 2 N–H and O–H groups in total. The summed E-state index contributed by atoms with van der Waals surface area (Å²) < 4.78 is 37.3. The van der Waals surface area contributed by atoms with Crippen LogP contribution in [0.3, 0.4) is 0 Å². The van der Waals surface area contributed by atoms with Crippen LogP contribution in [0.1, 0.15) is 34.7 Å². The fourth-order valence-electron chi connectivity index (χ4n) is 1.69. The Kier molecular flexibility index (Phi) is 4.22. The Morgan fingerprint density at radius 1 is 1.43 bits per heavy atom. The van der Waals surface area contributed by atoms with Crippen LogP contribution < -0.4 is 5.32 Å². The molecule has 2 heterocycles. The van der Waals surface area contributed by atoms with Crippen molar-refractivity contribution < 1.29 is 18.0 Å². The molecule has 0 radical (unpaired) electrons. The second-order valence-electron chi connectivity index (χ2n) is 4.40. The minimum atomic E-state index is -4.51. The highest BCUT2D eigenvalue weighted by molar-refractivity contribution is 6.30. The van der Waals surface area contributed by atoms with Crippen LogP contribution in [0.5, 0.6) is 0 Å². The maximum Gasteiger partial charge on any atom is 0.431 e. The van der Waals surface area contributed by atoms with E-state index in [4.69, 9.17) is 11.6 Å². The molecule has 21 heavy (non-hydrogen) atoms. The third kappa shape index (κ3) is 3.75. The monoisotopic (exact) mass is 317 g/mol. The number of nitrogens with one attached hydrogen (secondary N) is 2. The molecule has 1 atom stereocenters. The van der Waals surface area contributed by atoms with Gasteiger partial charge in [0.1, 0.15) is 5.69 Å². The number of aromatic nitrogens is 2. The Labute approximate surface area is 123 Å². The van der Waals surface area contributed by atoms with Crippen LogP contribution in [0.15, 0.2) is 30.6 Å². The highest BCUT2D eigenvalue weighted by Crippen LogP contribution is 2.28. The standard InChI is InChI=1S/C13H11ClF3N3O/c1-7(10-3-2-9(14)6-18-10)20-12(21)8-4-11(19-5-8)13(15,16)17/h2-7,19H,1H3,(H,20,21)/t7-/m0/s1. The maximum atomic E-state index is 12.4. The van der Waals surface area contributed by atoms with Gasteiger partial charge in [0.25, 0.3) is 5.91 Å². The Morgan fingerprint density at radius 2 is 2.14 bits per heavy atom. The van der Waals surface area contributed by atoms with Crippen molar-refractivity contribution in [2.45, 2.75) is 19.1 Å². The van der Waals surface area contributed by atoms with Gasteiger partial charge in [0, 0.05) is 12.4 Å². The van der Waals surface area contributed by atoms with Gasteiger partial charge in [0.15, 0.2) is 0 Å². The predicted molar refractivity (Wildman–Crippen MR) is 70.9 cm³/mol. The summed E-state index contributed by atoms with van der Waals surface area (Å²) in [6.07, 6.45) is -2.07. The number of nitrogens with zero attached hydrogens (tertiary/aromatic N) is 1. The van der Waals surface area contributed by atoms with Gasteiger partial charge in [0.05, 0.1) is 22.3 Å². The van der Waals surface area contributed by atoms with Crippen molar-refractivity contribution in [3.8, 4) is 0 Å². The topological polar surface area (TPSA) is 57.8 Å². The molecule has 0 unspecified atom stereocenters. The second-order valence-corrected chi connectivity index (χ2v) is 4.83. The van der Waals surface area contributed by atoms with Crippen LogP contribution in [-0.2, 0) is 6.18 Å². The van der Waals surface area contributed by atoms with Gasteiger partial charge in [-0.2, -0.15) is 13.2 Å². The van der Waals surface area contributed by atoms with E-state index in [-0.39, 0.29) is 5.56 Å². The van der Waals surface area contributed by atoms with E-state index >= 15 is 0 Å². The fourth-order valence-corrected chi connectivity index (χ4v) is 1.80. The molecule has 0 aliphatic rings. The molecule has 4 nitrogen and oxygen atoms in total. The lowest BCUT2D eigenvalue weighted by Gasteiger charge is -2.12. The lowest BCUT2D eigenvalue weighted by Crippen LogP contribution is -2.26. The van der Waals surface area contributed by atoms with E-state index < -0.39 is 23.8 Å². The van der Waals surface area contributed by atoms with Crippen LogP contribution in [-0.4, -0.2) is 15.9 Å². The van der Waals surface area contributed by atoms with Crippen molar-refractivity contribution in [1.29, 1.82) is 0 Å². The summed E-state index contributed by atoms with van der Waals surface area (Å²) in [5.41, 5.74) is -0.507. The van der Waals surface area contributed by atoms with E-state index in [0.29, 0.717) is 10.7 Å². The quantitative estimate of drug-likeness (QED) is 0.909. The zero-order valence-corrected chi connectivity index (χ0v) is 11.6. The van der Waals surface area contributed by atoms with E-state index in [1.54, 1.807) is 19.1 Å². The van der Waals surface area contributed by atoms with Crippen LogP contribution in [0, 0.1) is 0 Å². The van der Waals surface area contributed by atoms with Crippen LogP contribution in [0.4, 0.5) is 13.2 Å². The molecule has 112 valence electrons. The number of alkyl halides is 3. The molecule has 0 aliphatic carbocycles. The number of H-pyrrole nitrogens is 1. The summed E-state index contributed by atoms with van der Waals surface area (Å²) in [5, 5.41) is 3.02. The molecule has 2 aromatic heterocycles. The molecule has 0 bridgehead atoms. The van der Waals surface area contributed by atoms with Gasteiger partial charge in [0.2, 0.25) is 0 Å². The summed E-state index contributed by atoms with van der Waals surface area (Å²) in [7, 11) is 0. The minimum Gasteiger partial charge on any atom is -0.357 e. The van der Waals surface area contributed by atoms with Gasteiger partial charge in [-0.1, -0.05) is 11.6 Å². The van der Waals surface area contributed by atoms with Crippen molar-refractivity contribution in [3.63, 3.8) is 0 Å². The first kappa shape index (κ1) is 15.4. The first-order chi connectivity index (χ1) is 9.77. The van der Waals surface area contributed by atoms with Crippen molar-refractivity contribution >= 4 is 17.5 Å². The molecule has 0 saturated heterocycles. The molecule has 0 fully saturated rings. The molecule has 0 saturated carbocycles. The van der Waals surface area contributed by atoms with E-state index in [2.05, 4.69) is 10.3 Å². The minimum absolute atomic E-state index is 0.0943. The SMILES string of the molecule is C[C@H](NC(=O)c1c[nH]c(C(F)(F)F)c1)c1ccc(Cl)cn1. The molecule has 1 amide bonds. The van der Waals surface area contributed by atoms with Crippen molar-refractivity contribution in [2.24, 2.45) is 0 Å². The number of hydrogen-bond donors (Lipinski definition) is 2. The fraction of sp³-hybridized carbons (Fsp3) is 0.231. The maximum absolute atomic E-state index is 12.4. The zero-order valence-electron chi connectivity index (χ0n) is 10.8. The van der Waals surface area contributed by atoms with Gasteiger partial charge in [-0.3, -0.25) is 9.78 Å². The average molecular weight is 318 g/mol. The van der Waals surface area contributed by atoms with Crippen molar-refractivity contribution in [1.82, 2.24) is 15.3 Å². The summed E-state index contributed by atoms with van der Waals surface area (Å²) >= 11 is 5.70. The summed E-state index contributed by atoms with van der Waals surface area (Å²) in [5.74, 6) is -0.619. The number of amides is 1. The largest absolute Gasteiger partial charge is 0.431 e. The first-order valence-corrected chi connectivity index (χ1v) is 6.33. The van der Waals surface area contributed by atoms with E-state index in [9.17, 15) is 18.0 Å². The molecule has 0 aromatic carbocycles. The van der Waals surface area contributed by atoms with Crippen LogP contribution in [0.2, 0.25) is 5.02 Å². The highest BCUT2D eigenvalue weighted by atomic mass is 35.5. The molecule has 2 rings (SSSR count). The number of halogens is 4. The van der Waals surface area contributed by atoms with E-state index in [0.717, 1.165) is 12.3 Å². The number of aromatic amines is 1. The Morgan fingerprint density at radius 3 is 2.67 bits per heavy atom. The van der Waals surface area contributed by atoms with Gasteiger partial charge in [-0.05, 0) is 25.1 Å². The van der Waals surface area contributed by atoms with Crippen LogP contribution in [0.25, 0.3) is 0 Å². The van der Waals surface area contributed by atoms with Gasteiger partial charge in [-0.25, -0.2) is 0 Å².